The molecule has 1 saturated carbocycles. The summed E-state index contributed by atoms with van der Waals surface area (Å²) in [7, 11) is 0. The van der Waals surface area contributed by atoms with Gasteiger partial charge in [0.05, 0.1) is 0 Å². The van der Waals surface area contributed by atoms with Crippen molar-refractivity contribution in [3.05, 3.63) is 0 Å². The Labute approximate surface area is 62.8 Å². The van der Waals surface area contributed by atoms with Gasteiger partial charge in [-0.1, -0.05) is 26.2 Å². The zero-order chi connectivity index (χ0) is 7.40. The van der Waals surface area contributed by atoms with Gasteiger partial charge in [0.1, 0.15) is 5.78 Å². The van der Waals surface area contributed by atoms with Gasteiger partial charge in [-0.3, -0.25) is 4.79 Å². The van der Waals surface area contributed by atoms with Crippen LogP contribution in [0.4, 0.5) is 0 Å². The van der Waals surface area contributed by atoms with Crippen molar-refractivity contribution in [3.8, 4) is 0 Å². The first-order chi connectivity index (χ1) is 4.83. The molecule has 58 valence electrons. The second-order valence-corrected chi connectivity index (χ2v) is 3.23. The van der Waals surface area contributed by atoms with Gasteiger partial charge >= 0.3 is 0 Å². The van der Waals surface area contributed by atoms with Gasteiger partial charge in [0.2, 0.25) is 0 Å². The SMILES string of the molecule is CCC(=O)CCC1CCC1. The Bertz CT molecular complexity index is 114. The highest BCUT2D eigenvalue weighted by Gasteiger charge is 2.17. The lowest BCUT2D eigenvalue weighted by atomic mass is 9.81. The lowest BCUT2D eigenvalue weighted by Crippen LogP contribution is -2.12. The van der Waals surface area contributed by atoms with Crippen molar-refractivity contribution in [2.24, 2.45) is 5.92 Å². The Balaban J connectivity index is 1.98. The summed E-state index contributed by atoms with van der Waals surface area (Å²) in [6, 6.07) is 0. The molecule has 0 saturated heterocycles. The Hall–Kier alpha value is -0.330. The highest BCUT2D eigenvalue weighted by atomic mass is 16.1. The number of hydrogen-bond acceptors (Lipinski definition) is 1. The van der Waals surface area contributed by atoms with Crippen molar-refractivity contribution in [1.82, 2.24) is 0 Å². The van der Waals surface area contributed by atoms with E-state index in [9.17, 15) is 4.79 Å². The molecule has 0 N–H and O–H groups in total. The first kappa shape index (κ1) is 7.77. The molecular formula is C9H16O. The number of carbonyl (C=O) groups is 1. The maximum Gasteiger partial charge on any atom is 0.132 e. The van der Waals surface area contributed by atoms with Crippen molar-refractivity contribution >= 4 is 5.78 Å². The van der Waals surface area contributed by atoms with E-state index in [1.54, 1.807) is 0 Å². The summed E-state index contributed by atoms with van der Waals surface area (Å²) in [5.41, 5.74) is 0. The second kappa shape index (κ2) is 3.75. The summed E-state index contributed by atoms with van der Waals surface area (Å²) in [6.45, 7) is 1.95. The Morgan fingerprint density at radius 1 is 1.50 bits per heavy atom. The van der Waals surface area contributed by atoms with Crippen LogP contribution in [0.2, 0.25) is 0 Å². The van der Waals surface area contributed by atoms with Gasteiger partial charge in [0.25, 0.3) is 0 Å². The predicted octanol–water partition coefficient (Wildman–Crippen LogP) is 2.55. The third kappa shape index (κ3) is 2.13. The molecule has 0 amide bonds. The summed E-state index contributed by atoms with van der Waals surface area (Å²) < 4.78 is 0. The molecule has 0 bridgehead atoms. The van der Waals surface area contributed by atoms with E-state index in [1.165, 1.54) is 19.3 Å². The molecule has 1 aliphatic rings. The zero-order valence-electron chi connectivity index (χ0n) is 6.73. The standard InChI is InChI=1S/C9H16O/c1-2-9(10)7-6-8-4-3-5-8/h8H,2-7H2,1H3. The number of carbonyl (C=O) groups excluding carboxylic acids is 1. The first-order valence-corrected chi connectivity index (χ1v) is 4.34. The fraction of sp³-hybridized carbons (Fsp3) is 0.889. The highest BCUT2D eigenvalue weighted by molar-refractivity contribution is 5.77. The average molecular weight is 140 g/mol. The van der Waals surface area contributed by atoms with Gasteiger partial charge in [0.15, 0.2) is 0 Å². The molecule has 1 aliphatic carbocycles. The number of Topliss-reactive ketones (excluding diaryl/α,β-unsaturated/α-hetero) is 1. The van der Waals surface area contributed by atoms with Crippen molar-refractivity contribution in [1.29, 1.82) is 0 Å². The molecule has 0 aromatic carbocycles. The molecule has 0 radical (unpaired) electrons. The zero-order valence-corrected chi connectivity index (χ0v) is 6.73. The quantitative estimate of drug-likeness (QED) is 0.586. The third-order valence-corrected chi connectivity index (χ3v) is 2.45. The van der Waals surface area contributed by atoms with Gasteiger partial charge in [-0.15, -0.1) is 0 Å². The maximum absolute atomic E-state index is 10.9. The van der Waals surface area contributed by atoms with E-state index >= 15 is 0 Å². The molecule has 1 rings (SSSR count). The van der Waals surface area contributed by atoms with Crippen LogP contribution in [0, 0.1) is 5.92 Å². The lowest BCUT2D eigenvalue weighted by molar-refractivity contribution is -0.119. The minimum Gasteiger partial charge on any atom is -0.300 e. The summed E-state index contributed by atoms with van der Waals surface area (Å²) in [5.74, 6) is 1.34. The van der Waals surface area contributed by atoms with Crippen LogP contribution >= 0.6 is 0 Å². The van der Waals surface area contributed by atoms with Crippen LogP contribution in [0.5, 0.6) is 0 Å². The highest BCUT2D eigenvalue weighted by Crippen LogP contribution is 2.30. The number of hydrogen-bond donors (Lipinski definition) is 0. The molecule has 0 spiro atoms. The average Bonchev–Trinajstić information content (AvgIpc) is 1.84. The van der Waals surface area contributed by atoms with Crippen LogP contribution in [-0.4, -0.2) is 5.78 Å². The van der Waals surface area contributed by atoms with Gasteiger partial charge in [-0.25, -0.2) is 0 Å². The topological polar surface area (TPSA) is 17.1 Å². The number of rotatable bonds is 4. The van der Waals surface area contributed by atoms with Gasteiger partial charge in [-0.2, -0.15) is 0 Å². The minimum absolute atomic E-state index is 0.437. The molecule has 0 aliphatic heterocycles. The number of ketones is 1. The van der Waals surface area contributed by atoms with E-state index in [1.807, 2.05) is 6.92 Å². The Kier molecular flexibility index (Phi) is 2.91. The maximum atomic E-state index is 10.9. The van der Waals surface area contributed by atoms with Crippen LogP contribution in [-0.2, 0) is 4.79 Å². The molecule has 1 nitrogen and oxygen atoms in total. The van der Waals surface area contributed by atoms with E-state index in [-0.39, 0.29) is 0 Å². The van der Waals surface area contributed by atoms with Crippen LogP contribution in [0.25, 0.3) is 0 Å². The molecule has 10 heavy (non-hydrogen) atoms. The van der Waals surface area contributed by atoms with E-state index < -0.39 is 0 Å². The molecule has 0 aromatic heterocycles. The van der Waals surface area contributed by atoms with Gasteiger partial charge < -0.3 is 0 Å². The smallest absolute Gasteiger partial charge is 0.132 e. The monoisotopic (exact) mass is 140 g/mol. The van der Waals surface area contributed by atoms with Gasteiger partial charge in [0, 0.05) is 12.8 Å². The molecule has 0 unspecified atom stereocenters. The van der Waals surface area contributed by atoms with Crippen LogP contribution in [0.15, 0.2) is 0 Å². The molecule has 0 heterocycles. The van der Waals surface area contributed by atoms with Crippen molar-refractivity contribution in [3.63, 3.8) is 0 Å². The van der Waals surface area contributed by atoms with Crippen molar-refractivity contribution in [2.45, 2.75) is 45.4 Å². The molecule has 0 aromatic rings. The van der Waals surface area contributed by atoms with Crippen LogP contribution in [0.1, 0.15) is 45.4 Å². The minimum atomic E-state index is 0.437. The van der Waals surface area contributed by atoms with Gasteiger partial charge in [-0.05, 0) is 12.3 Å². The first-order valence-electron chi connectivity index (χ1n) is 4.34. The molecule has 1 fully saturated rings. The lowest BCUT2D eigenvalue weighted by Gasteiger charge is -2.24. The van der Waals surface area contributed by atoms with E-state index in [0.29, 0.717) is 5.78 Å². The predicted molar refractivity (Wildman–Crippen MR) is 41.9 cm³/mol. The summed E-state index contributed by atoms with van der Waals surface area (Å²) in [6.07, 6.45) is 6.86. The molecule has 0 atom stereocenters. The molecular weight excluding hydrogens is 124 g/mol. The summed E-state index contributed by atoms with van der Waals surface area (Å²) in [5, 5.41) is 0. The van der Waals surface area contributed by atoms with Crippen LogP contribution in [0.3, 0.4) is 0 Å². The summed E-state index contributed by atoms with van der Waals surface area (Å²) in [4.78, 5) is 10.9. The normalized spacial score (nSPS) is 18.5. The van der Waals surface area contributed by atoms with E-state index in [4.69, 9.17) is 0 Å². The summed E-state index contributed by atoms with van der Waals surface area (Å²) >= 11 is 0. The Morgan fingerprint density at radius 3 is 2.60 bits per heavy atom. The van der Waals surface area contributed by atoms with Crippen LogP contribution < -0.4 is 0 Å². The largest absolute Gasteiger partial charge is 0.300 e. The fourth-order valence-corrected chi connectivity index (χ4v) is 1.32. The second-order valence-electron chi connectivity index (χ2n) is 3.23. The van der Waals surface area contributed by atoms with E-state index in [0.717, 1.165) is 25.2 Å². The third-order valence-electron chi connectivity index (χ3n) is 2.45. The Morgan fingerprint density at radius 2 is 2.20 bits per heavy atom. The van der Waals surface area contributed by atoms with Crippen molar-refractivity contribution < 1.29 is 4.79 Å². The molecule has 1 heteroatoms. The van der Waals surface area contributed by atoms with E-state index in [2.05, 4.69) is 0 Å². The van der Waals surface area contributed by atoms with Crippen molar-refractivity contribution in [2.75, 3.05) is 0 Å². The fourth-order valence-electron chi connectivity index (χ4n) is 1.32.